The summed E-state index contributed by atoms with van der Waals surface area (Å²) in [7, 11) is 0. The van der Waals surface area contributed by atoms with Gasteiger partial charge in [-0.1, -0.05) is 29.8 Å². The van der Waals surface area contributed by atoms with E-state index in [2.05, 4.69) is 35.0 Å². The van der Waals surface area contributed by atoms with Gasteiger partial charge in [0.15, 0.2) is 0 Å². The van der Waals surface area contributed by atoms with Gasteiger partial charge in [0.25, 0.3) is 5.56 Å². The maximum absolute atomic E-state index is 12.6. The molecule has 6 nitrogen and oxygen atoms in total. The van der Waals surface area contributed by atoms with Crippen molar-refractivity contribution in [2.24, 2.45) is 0 Å². The molecule has 0 bridgehead atoms. The van der Waals surface area contributed by atoms with Crippen LogP contribution in [0, 0.1) is 6.92 Å². The van der Waals surface area contributed by atoms with Crippen LogP contribution in [0.1, 0.15) is 49.0 Å². The molecular weight excluding hydrogens is 354 g/mol. The average Bonchev–Trinajstić information content (AvgIpc) is 2.60. The molecule has 0 saturated heterocycles. The highest BCUT2D eigenvalue weighted by Gasteiger charge is 2.23. The quantitative estimate of drug-likeness (QED) is 0.797. The van der Waals surface area contributed by atoms with Crippen molar-refractivity contribution in [3.05, 3.63) is 62.8 Å². The SMILES string of the molecule is Cc1cccc(Cc2nc3c(c(=O)[nH]2)CN(C[C@H](O)COC(C)(C)C)CC3)c1. The van der Waals surface area contributed by atoms with Crippen molar-refractivity contribution in [2.45, 2.75) is 58.8 Å². The number of aliphatic hydroxyl groups excluding tert-OH is 1. The normalized spacial score (nSPS) is 16.0. The number of nitrogens with zero attached hydrogens (tertiary/aromatic N) is 2. The minimum atomic E-state index is -0.576. The Balaban J connectivity index is 1.65. The molecule has 1 aliphatic rings. The Labute approximate surface area is 166 Å². The van der Waals surface area contributed by atoms with Crippen LogP contribution in [-0.2, 0) is 24.1 Å². The number of rotatable bonds is 6. The summed E-state index contributed by atoms with van der Waals surface area (Å²) in [6.45, 7) is 10.0. The van der Waals surface area contributed by atoms with E-state index >= 15 is 0 Å². The van der Waals surface area contributed by atoms with Crippen molar-refractivity contribution < 1.29 is 9.84 Å². The van der Waals surface area contributed by atoms with Crippen LogP contribution in [0.2, 0.25) is 0 Å². The van der Waals surface area contributed by atoms with Crippen molar-refractivity contribution in [3.8, 4) is 0 Å². The zero-order valence-corrected chi connectivity index (χ0v) is 17.3. The maximum Gasteiger partial charge on any atom is 0.255 e. The Kier molecular flexibility index (Phi) is 6.33. The minimum Gasteiger partial charge on any atom is -0.389 e. The van der Waals surface area contributed by atoms with Crippen molar-refractivity contribution in [3.63, 3.8) is 0 Å². The van der Waals surface area contributed by atoms with E-state index in [1.165, 1.54) is 5.56 Å². The van der Waals surface area contributed by atoms with Crippen molar-refractivity contribution in [1.82, 2.24) is 14.9 Å². The van der Waals surface area contributed by atoms with E-state index < -0.39 is 6.10 Å². The van der Waals surface area contributed by atoms with E-state index in [0.717, 1.165) is 17.8 Å². The Hall–Kier alpha value is -2.02. The molecule has 1 aromatic carbocycles. The zero-order valence-electron chi connectivity index (χ0n) is 17.3. The number of hydrogen-bond donors (Lipinski definition) is 2. The fourth-order valence-corrected chi connectivity index (χ4v) is 3.48. The lowest BCUT2D eigenvalue weighted by Crippen LogP contribution is -2.42. The van der Waals surface area contributed by atoms with Gasteiger partial charge >= 0.3 is 0 Å². The summed E-state index contributed by atoms with van der Waals surface area (Å²) >= 11 is 0. The molecule has 0 fully saturated rings. The van der Waals surface area contributed by atoms with Crippen LogP contribution in [0.5, 0.6) is 0 Å². The maximum atomic E-state index is 12.6. The highest BCUT2D eigenvalue weighted by Crippen LogP contribution is 2.16. The van der Waals surface area contributed by atoms with Crippen molar-refractivity contribution >= 4 is 0 Å². The predicted octanol–water partition coefficient (Wildman–Crippen LogP) is 2.20. The number of H-pyrrole nitrogens is 1. The molecular formula is C22H31N3O3. The fourth-order valence-electron chi connectivity index (χ4n) is 3.48. The molecule has 0 spiro atoms. The van der Waals surface area contributed by atoms with Gasteiger partial charge in [0.05, 0.1) is 29.6 Å². The summed E-state index contributed by atoms with van der Waals surface area (Å²) in [5.41, 5.74) is 3.58. The number of hydrogen-bond acceptors (Lipinski definition) is 5. The second-order valence-corrected chi connectivity index (χ2v) is 8.67. The standard InChI is InChI=1S/C22H31N3O3/c1-15-6-5-7-16(10-15)11-20-23-19-8-9-25(13-18(19)21(27)24-20)12-17(26)14-28-22(2,3)4/h5-7,10,17,26H,8-9,11-14H2,1-4H3,(H,23,24,27)/t17-/m0/s1. The molecule has 0 radical (unpaired) electrons. The summed E-state index contributed by atoms with van der Waals surface area (Å²) in [6, 6.07) is 8.24. The number of nitrogens with one attached hydrogen (secondary N) is 1. The first kappa shape index (κ1) is 20.7. The third kappa shape index (κ3) is 5.74. The number of aliphatic hydroxyl groups is 1. The molecule has 0 saturated carbocycles. The van der Waals surface area contributed by atoms with Crippen LogP contribution in [0.3, 0.4) is 0 Å². The fraction of sp³-hybridized carbons (Fsp3) is 0.545. The molecule has 2 heterocycles. The van der Waals surface area contributed by atoms with E-state index in [1.54, 1.807) is 0 Å². The third-order valence-electron chi connectivity index (χ3n) is 4.83. The van der Waals surface area contributed by atoms with Gasteiger partial charge in [0, 0.05) is 32.5 Å². The van der Waals surface area contributed by atoms with Crippen LogP contribution < -0.4 is 5.56 Å². The second kappa shape index (κ2) is 8.55. The molecule has 6 heteroatoms. The number of aromatic nitrogens is 2. The summed E-state index contributed by atoms with van der Waals surface area (Å²) in [6.07, 6.45) is 0.761. The predicted molar refractivity (Wildman–Crippen MR) is 110 cm³/mol. The smallest absolute Gasteiger partial charge is 0.255 e. The first-order valence-corrected chi connectivity index (χ1v) is 9.90. The highest BCUT2D eigenvalue weighted by atomic mass is 16.5. The summed E-state index contributed by atoms with van der Waals surface area (Å²) in [4.78, 5) is 22.4. The zero-order chi connectivity index (χ0) is 20.3. The van der Waals surface area contributed by atoms with E-state index in [0.29, 0.717) is 37.3 Å². The second-order valence-electron chi connectivity index (χ2n) is 8.67. The van der Waals surface area contributed by atoms with Crippen LogP contribution in [0.4, 0.5) is 0 Å². The Bertz CT molecular complexity index is 870. The number of fused-ring (bicyclic) bond motifs is 1. The molecule has 28 heavy (non-hydrogen) atoms. The number of benzene rings is 1. The molecule has 2 aromatic rings. The van der Waals surface area contributed by atoms with Crippen LogP contribution >= 0.6 is 0 Å². The van der Waals surface area contributed by atoms with Crippen LogP contribution in [-0.4, -0.2) is 51.4 Å². The number of ether oxygens (including phenoxy) is 1. The first-order chi connectivity index (χ1) is 13.2. The van der Waals surface area contributed by atoms with E-state index in [9.17, 15) is 9.90 Å². The van der Waals surface area contributed by atoms with Gasteiger partial charge in [-0.15, -0.1) is 0 Å². The number of β-amino-alcohol motifs (C(OH)–C–C–N with tert-alkyl or cyclic N) is 1. The lowest BCUT2D eigenvalue weighted by Gasteiger charge is -2.30. The summed E-state index contributed by atoms with van der Waals surface area (Å²) in [5, 5.41) is 10.2. The first-order valence-electron chi connectivity index (χ1n) is 9.90. The number of aromatic amines is 1. The van der Waals surface area contributed by atoms with Gasteiger partial charge in [0.2, 0.25) is 0 Å². The van der Waals surface area contributed by atoms with Crippen LogP contribution in [0.25, 0.3) is 0 Å². The van der Waals surface area contributed by atoms with Gasteiger partial charge in [-0.3, -0.25) is 9.69 Å². The molecule has 1 aromatic heterocycles. The monoisotopic (exact) mass is 385 g/mol. The molecule has 0 amide bonds. The third-order valence-corrected chi connectivity index (χ3v) is 4.83. The minimum absolute atomic E-state index is 0.0715. The summed E-state index contributed by atoms with van der Waals surface area (Å²) in [5.74, 6) is 0.710. The molecule has 3 rings (SSSR count). The lowest BCUT2D eigenvalue weighted by molar-refractivity contribution is -0.0570. The van der Waals surface area contributed by atoms with Crippen LogP contribution in [0.15, 0.2) is 29.1 Å². The van der Waals surface area contributed by atoms with E-state index in [1.807, 2.05) is 26.8 Å². The van der Waals surface area contributed by atoms with Gasteiger partial charge in [0.1, 0.15) is 5.82 Å². The van der Waals surface area contributed by atoms with E-state index in [4.69, 9.17) is 9.72 Å². The summed E-state index contributed by atoms with van der Waals surface area (Å²) < 4.78 is 5.65. The molecule has 1 aliphatic heterocycles. The number of aryl methyl sites for hydroxylation is 1. The Morgan fingerprint density at radius 3 is 2.86 bits per heavy atom. The average molecular weight is 386 g/mol. The topological polar surface area (TPSA) is 78.5 Å². The van der Waals surface area contributed by atoms with E-state index in [-0.39, 0.29) is 17.8 Å². The largest absolute Gasteiger partial charge is 0.389 e. The molecule has 152 valence electrons. The lowest BCUT2D eigenvalue weighted by atomic mass is 10.1. The molecule has 2 N–H and O–H groups in total. The van der Waals surface area contributed by atoms with Gasteiger partial charge in [-0.05, 0) is 33.3 Å². The molecule has 0 unspecified atom stereocenters. The van der Waals surface area contributed by atoms with Gasteiger partial charge in [-0.2, -0.15) is 0 Å². The molecule has 0 aliphatic carbocycles. The Morgan fingerprint density at radius 2 is 2.14 bits per heavy atom. The highest BCUT2D eigenvalue weighted by molar-refractivity contribution is 5.27. The van der Waals surface area contributed by atoms with Crippen molar-refractivity contribution in [1.29, 1.82) is 0 Å². The van der Waals surface area contributed by atoms with Gasteiger partial charge in [-0.25, -0.2) is 4.98 Å². The van der Waals surface area contributed by atoms with Gasteiger partial charge < -0.3 is 14.8 Å². The Morgan fingerprint density at radius 1 is 1.36 bits per heavy atom. The van der Waals surface area contributed by atoms with Crippen molar-refractivity contribution in [2.75, 3.05) is 19.7 Å². The molecule has 1 atom stereocenters.